The fourth-order valence-electron chi connectivity index (χ4n) is 8.84. The van der Waals surface area contributed by atoms with Crippen molar-refractivity contribution >= 4 is 33.2 Å². The smallest absolute Gasteiger partial charge is 0.412 e. The van der Waals surface area contributed by atoms with Crippen LogP contribution in [0.25, 0.3) is 0 Å². The second-order valence-electron chi connectivity index (χ2n) is 17.6. The number of hydrogen-bond acceptors (Lipinski definition) is 11. The predicted octanol–water partition coefficient (Wildman–Crippen LogP) is 8.05. The molecule has 0 bridgehead atoms. The molecule has 0 unspecified atom stereocenters. The van der Waals surface area contributed by atoms with Gasteiger partial charge in [-0.25, -0.2) is 9.59 Å². The van der Waals surface area contributed by atoms with Gasteiger partial charge in [-0.1, -0.05) is 152 Å². The van der Waals surface area contributed by atoms with Crippen LogP contribution in [0.5, 0.6) is 5.75 Å². The highest BCUT2D eigenvalue weighted by Gasteiger charge is 2.58. The summed E-state index contributed by atoms with van der Waals surface area (Å²) in [6, 6.07) is 41.3. The number of para-hydroxylation sites is 1. The Morgan fingerprint density at radius 2 is 1.27 bits per heavy atom. The van der Waals surface area contributed by atoms with E-state index in [1.165, 1.54) is 48.5 Å². The lowest BCUT2D eigenvalue weighted by Gasteiger charge is -2.34. The first kappa shape index (κ1) is 55.0. The van der Waals surface area contributed by atoms with E-state index in [9.17, 15) is 48.2 Å². The third kappa shape index (κ3) is 12.6. The van der Waals surface area contributed by atoms with Gasteiger partial charge in [0.25, 0.3) is 5.08 Å². The average Bonchev–Trinajstić information content (AvgIpc) is 4.01. The number of tetrazole rings is 1. The molecule has 0 radical (unpaired) electrons. The number of halogens is 2. The lowest BCUT2D eigenvalue weighted by atomic mass is 9.77. The maximum Gasteiger partial charge on any atom is 0.412 e. The summed E-state index contributed by atoms with van der Waals surface area (Å²) in [7, 11) is -11.5. The van der Waals surface area contributed by atoms with E-state index >= 15 is 8.78 Å². The van der Waals surface area contributed by atoms with Crippen molar-refractivity contribution in [1.29, 1.82) is 0 Å². The number of ether oxygens (including phenoxy) is 2. The van der Waals surface area contributed by atoms with Gasteiger partial charge < -0.3 is 44.4 Å². The van der Waals surface area contributed by atoms with Crippen molar-refractivity contribution < 1.29 is 66.4 Å². The number of nitrogens with zero attached hydrogens (tertiary/aromatic N) is 5. The number of hydrogen-bond donors (Lipinski definition) is 6. The standard InChI is InChI=1S/C52H56F2N6O12P2/c53-52(54,41-26-13-6-14-27-41)45(72-48(62)43-28-16-17-29-44(43)71-49(63)55-36-19-35-50(64,73(65,66)67)74(68,69)70)33-31-42-32-34-47(61)59(42)37-18-2-1-15-30-46-56-58-60(57-46)51(38-20-7-3-8-21-38,39-22-9-4-10-23-39)40-24-11-5-12-25-40/h3-14,16-17,20-29,31,33,42,45,64H,1-2,15,18-19,30,32,34-37H2,(H,55,63)(H2,65,66,67)(H2,68,69,70)/t42-,45+/m0/s1. The third-order valence-corrected chi connectivity index (χ3v) is 16.6. The summed E-state index contributed by atoms with van der Waals surface area (Å²) in [6.45, 7) is -0.147. The number of rotatable bonds is 24. The van der Waals surface area contributed by atoms with Crippen molar-refractivity contribution in [2.45, 2.75) is 86.5 Å². The Labute approximate surface area is 425 Å². The molecule has 18 nitrogen and oxygen atoms in total. The highest BCUT2D eigenvalue weighted by Crippen LogP contribution is 2.69. The largest absolute Gasteiger partial charge is 0.448 e. The summed E-state index contributed by atoms with van der Waals surface area (Å²) in [5.41, 5.74) is 1.12. The quantitative estimate of drug-likeness (QED) is 0.0110. The SMILES string of the molecule is O=C(NCCCC(O)(P(=O)(O)O)P(=O)(O)O)Oc1ccccc1C(=O)O[C@H](C=C[C@H]1CCC(=O)N1CCCCCCc1nnn(C(c2ccccc2)(c2ccccc2)c2ccccc2)n1)C(F)(F)c1ccccc1. The van der Waals surface area contributed by atoms with E-state index in [0.717, 1.165) is 48.1 Å². The van der Waals surface area contributed by atoms with Crippen molar-refractivity contribution in [2.24, 2.45) is 0 Å². The van der Waals surface area contributed by atoms with Gasteiger partial charge in [0.1, 0.15) is 11.3 Å². The summed E-state index contributed by atoms with van der Waals surface area (Å²) in [6.07, 6.45) is 1.38. The molecule has 1 aliphatic heterocycles. The first-order valence-electron chi connectivity index (χ1n) is 23.8. The van der Waals surface area contributed by atoms with Crippen molar-refractivity contribution in [3.63, 3.8) is 0 Å². The van der Waals surface area contributed by atoms with E-state index in [1.807, 2.05) is 54.6 Å². The van der Waals surface area contributed by atoms with Gasteiger partial charge >= 0.3 is 33.2 Å². The van der Waals surface area contributed by atoms with E-state index < -0.39 is 92.2 Å². The Bertz CT molecular complexity index is 2840. The van der Waals surface area contributed by atoms with E-state index in [2.05, 4.69) is 52.0 Å². The molecule has 7 rings (SSSR count). The van der Waals surface area contributed by atoms with Gasteiger partial charge in [-0.15, -0.1) is 15.0 Å². The minimum Gasteiger partial charge on any atom is -0.448 e. The molecule has 2 heterocycles. The van der Waals surface area contributed by atoms with Crippen LogP contribution in [0.15, 0.2) is 158 Å². The number of alkyl halides is 2. The van der Waals surface area contributed by atoms with Gasteiger partial charge in [0.05, 0.1) is 6.04 Å². The van der Waals surface area contributed by atoms with Gasteiger partial charge in [-0.2, -0.15) is 8.78 Å². The number of carbonyl (C=O) groups excluding carboxylic acids is 3. The Hall–Kier alpha value is -6.76. The van der Waals surface area contributed by atoms with Gasteiger partial charge in [0.15, 0.2) is 17.5 Å². The Balaban J connectivity index is 0.972. The average molecular weight is 1060 g/mol. The minimum absolute atomic E-state index is 0.147. The Kier molecular flexibility index (Phi) is 17.9. The number of benzene rings is 5. The van der Waals surface area contributed by atoms with Gasteiger partial charge in [-0.3, -0.25) is 13.9 Å². The number of aromatic nitrogens is 4. The van der Waals surface area contributed by atoms with Crippen molar-refractivity contribution in [2.75, 3.05) is 13.1 Å². The number of likely N-dealkylation sites (tertiary alicyclic amines) is 1. The topological polar surface area (TPSA) is 264 Å². The maximum atomic E-state index is 16.4. The van der Waals surface area contributed by atoms with E-state index in [0.29, 0.717) is 31.6 Å². The second kappa shape index (κ2) is 24.1. The zero-order valence-corrected chi connectivity index (χ0v) is 41.7. The number of unbranched alkanes of at least 4 members (excludes halogenated alkanes) is 3. The fourth-order valence-corrected chi connectivity index (χ4v) is 11.1. The molecule has 390 valence electrons. The molecule has 2 atom stereocenters. The van der Waals surface area contributed by atoms with Crippen LogP contribution in [0.1, 0.15) is 89.8 Å². The first-order valence-corrected chi connectivity index (χ1v) is 27.0. The van der Waals surface area contributed by atoms with Crippen LogP contribution in [0.3, 0.4) is 0 Å². The van der Waals surface area contributed by atoms with Crippen LogP contribution in [0, 0.1) is 0 Å². The highest BCUT2D eigenvalue weighted by molar-refractivity contribution is 7.72. The number of carbonyl (C=O) groups is 3. The van der Waals surface area contributed by atoms with E-state index in [-0.39, 0.29) is 12.3 Å². The fraction of sp³-hybridized carbons (Fsp3) is 0.308. The number of nitrogens with one attached hydrogen (secondary N) is 1. The number of aliphatic hydroxyl groups is 1. The second-order valence-corrected chi connectivity index (χ2v) is 21.6. The summed E-state index contributed by atoms with van der Waals surface area (Å²) < 4.78 is 66.7. The first-order chi connectivity index (χ1) is 35.4. The molecule has 0 aliphatic carbocycles. The lowest BCUT2D eigenvalue weighted by Crippen LogP contribution is -2.39. The molecule has 6 N–H and O–H groups in total. The zero-order valence-electron chi connectivity index (χ0n) is 39.9. The third-order valence-electron chi connectivity index (χ3n) is 12.7. The summed E-state index contributed by atoms with van der Waals surface area (Å²) >= 11 is 0. The Morgan fingerprint density at radius 3 is 1.84 bits per heavy atom. The molecule has 1 fully saturated rings. The molecule has 1 aliphatic rings. The van der Waals surface area contributed by atoms with Crippen LogP contribution < -0.4 is 10.1 Å². The monoisotopic (exact) mass is 1060 g/mol. The molecular weight excluding hydrogens is 1000 g/mol. The maximum absolute atomic E-state index is 16.4. The highest BCUT2D eigenvalue weighted by atomic mass is 31.2. The van der Waals surface area contributed by atoms with Gasteiger partial charge in [0, 0.05) is 37.9 Å². The molecule has 22 heteroatoms. The van der Waals surface area contributed by atoms with E-state index in [4.69, 9.17) is 14.6 Å². The Morgan fingerprint density at radius 1 is 0.743 bits per heavy atom. The molecule has 0 saturated carbocycles. The van der Waals surface area contributed by atoms with Crippen molar-refractivity contribution in [3.8, 4) is 5.75 Å². The van der Waals surface area contributed by atoms with Crippen LogP contribution in [-0.4, -0.2) is 98.1 Å². The van der Waals surface area contributed by atoms with Crippen LogP contribution in [-0.2, 0) is 36.5 Å². The lowest BCUT2D eigenvalue weighted by molar-refractivity contribution is -0.128. The predicted molar refractivity (Wildman–Crippen MR) is 267 cm³/mol. The van der Waals surface area contributed by atoms with Crippen molar-refractivity contribution in [3.05, 3.63) is 191 Å². The van der Waals surface area contributed by atoms with Crippen LogP contribution in [0.4, 0.5) is 13.6 Å². The summed E-state index contributed by atoms with van der Waals surface area (Å²) in [5, 5.41) is 22.6. The number of amides is 2. The summed E-state index contributed by atoms with van der Waals surface area (Å²) in [4.78, 5) is 80.3. The number of esters is 1. The van der Waals surface area contributed by atoms with Gasteiger partial charge in [0.2, 0.25) is 5.91 Å². The van der Waals surface area contributed by atoms with Crippen LogP contribution >= 0.6 is 15.2 Å². The molecule has 0 spiro atoms. The summed E-state index contributed by atoms with van der Waals surface area (Å²) in [5.74, 6) is -5.08. The molecule has 1 saturated heterocycles. The van der Waals surface area contributed by atoms with E-state index in [1.54, 1.807) is 15.8 Å². The molecule has 1 aromatic heterocycles. The van der Waals surface area contributed by atoms with Crippen molar-refractivity contribution in [1.82, 2.24) is 30.4 Å². The van der Waals surface area contributed by atoms with Crippen LogP contribution in [0.2, 0.25) is 0 Å². The normalized spacial score (nSPS) is 15.0. The molecule has 74 heavy (non-hydrogen) atoms. The molecule has 2 amide bonds. The molecule has 6 aromatic rings. The molecular formula is C52H56F2N6O12P2. The number of aryl methyl sites for hydroxylation is 1. The molecule has 5 aromatic carbocycles. The minimum atomic E-state index is -5.73. The zero-order chi connectivity index (χ0) is 53.0. The van der Waals surface area contributed by atoms with Gasteiger partial charge in [-0.05, 0) is 65.8 Å².